The van der Waals surface area contributed by atoms with Crippen LogP contribution in [0, 0.1) is 5.92 Å². The van der Waals surface area contributed by atoms with E-state index in [0.29, 0.717) is 44.9 Å². The molecule has 0 N–H and O–H groups in total. The monoisotopic (exact) mass is 260 g/mol. The molecule has 0 radical (unpaired) electrons. The Morgan fingerprint density at radius 2 is 1.76 bits per heavy atom. The first-order valence-corrected chi connectivity index (χ1v) is 7.67. The van der Waals surface area contributed by atoms with E-state index in [-0.39, 0.29) is 5.78 Å². The van der Waals surface area contributed by atoms with E-state index in [1.807, 2.05) is 0 Å². The Morgan fingerprint density at radius 3 is 2.35 bits per heavy atom. The van der Waals surface area contributed by atoms with E-state index < -0.39 is 10.2 Å². The Kier molecular flexibility index (Phi) is 3.85. The van der Waals surface area contributed by atoms with Crippen molar-refractivity contribution in [2.45, 2.75) is 32.6 Å². The van der Waals surface area contributed by atoms with Gasteiger partial charge in [-0.2, -0.15) is 17.0 Å². The fraction of sp³-hybridized carbons (Fsp3) is 0.909. The molecule has 0 saturated carbocycles. The summed E-state index contributed by atoms with van der Waals surface area (Å²) in [6.45, 7) is 4.03. The van der Waals surface area contributed by atoms with Crippen molar-refractivity contribution >= 4 is 16.0 Å². The lowest BCUT2D eigenvalue weighted by molar-refractivity contribution is -0.120. The van der Waals surface area contributed by atoms with E-state index in [1.165, 1.54) is 4.31 Å². The Bertz CT molecular complexity index is 384. The largest absolute Gasteiger partial charge is 0.300 e. The number of carbonyl (C=O) groups is 1. The minimum absolute atomic E-state index is 0.170. The second-order valence-electron chi connectivity index (χ2n) is 5.05. The normalized spacial score (nSPS) is 29.5. The molecule has 17 heavy (non-hydrogen) atoms. The average molecular weight is 260 g/mol. The summed E-state index contributed by atoms with van der Waals surface area (Å²) in [7, 11) is -3.33. The third-order valence-electron chi connectivity index (χ3n) is 3.55. The summed E-state index contributed by atoms with van der Waals surface area (Å²) in [4.78, 5) is 11.1. The van der Waals surface area contributed by atoms with Gasteiger partial charge in [-0.25, -0.2) is 0 Å². The number of hydrogen-bond acceptors (Lipinski definition) is 3. The molecule has 2 fully saturated rings. The van der Waals surface area contributed by atoms with Crippen molar-refractivity contribution in [2.75, 3.05) is 26.2 Å². The third-order valence-corrected chi connectivity index (χ3v) is 5.55. The number of nitrogens with zero attached hydrogens (tertiary/aromatic N) is 2. The average Bonchev–Trinajstić information content (AvgIpc) is 2.29. The highest BCUT2D eigenvalue weighted by atomic mass is 32.2. The van der Waals surface area contributed by atoms with E-state index in [0.717, 1.165) is 12.8 Å². The van der Waals surface area contributed by atoms with Crippen molar-refractivity contribution in [3.8, 4) is 0 Å². The minimum Gasteiger partial charge on any atom is -0.300 e. The van der Waals surface area contributed by atoms with Crippen molar-refractivity contribution in [3.05, 3.63) is 0 Å². The zero-order chi connectivity index (χ0) is 12.5. The maximum absolute atomic E-state index is 12.3. The molecule has 2 saturated heterocycles. The molecule has 1 unspecified atom stereocenters. The summed E-state index contributed by atoms with van der Waals surface area (Å²) < 4.78 is 27.7. The van der Waals surface area contributed by atoms with Crippen LogP contribution in [0.3, 0.4) is 0 Å². The first-order valence-electron chi connectivity index (χ1n) is 6.27. The third kappa shape index (κ3) is 2.86. The number of piperidine rings is 2. The number of Topliss-reactive ketones (excluding diaryl/α,β-unsaturated/α-hetero) is 1. The Hall–Kier alpha value is -0.460. The quantitative estimate of drug-likeness (QED) is 0.731. The summed E-state index contributed by atoms with van der Waals surface area (Å²) in [6, 6.07) is 0. The van der Waals surface area contributed by atoms with E-state index in [1.54, 1.807) is 4.31 Å². The predicted molar refractivity (Wildman–Crippen MR) is 64.7 cm³/mol. The van der Waals surface area contributed by atoms with Crippen molar-refractivity contribution < 1.29 is 13.2 Å². The Morgan fingerprint density at radius 1 is 1.12 bits per heavy atom. The zero-order valence-corrected chi connectivity index (χ0v) is 11.1. The van der Waals surface area contributed by atoms with Gasteiger partial charge in [0.2, 0.25) is 0 Å². The van der Waals surface area contributed by atoms with Crippen LogP contribution in [-0.4, -0.2) is 49.0 Å². The highest BCUT2D eigenvalue weighted by molar-refractivity contribution is 7.86. The van der Waals surface area contributed by atoms with Gasteiger partial charge in [0, 0.05) is 39.0 Å². The highest BCUT2D eigenvalue weighted by Crippen LogP contribution is 2.22. The molecule has 5 nitrogen and oxygen atoms in total. The molecular formula is C11H20N2O3S. The van der Waals surface area contributed by atoms with Crippen LogP contribution < -0.4 is 0 Å². The molecule has 2 heterocycles. The van der Waals surface area contributed by atoms with Crippen LogP contribution in [-0.2, 0) is 15.0 Å². The lowest BCUT2D eigenvalue weighted by Crippen LogP contribution is -2.50. The molecular weight excluding hydrogens is 240 g/mol. The molecule has 98 valence electrons. The van der Waals surface area contributed by atoms with Gasteiger partial charge in [-0.1, -0.05) is 6.92 Å². The van der Waals surface area contributed by atoms with Gasteiger partial charge in [-0.3, -0.25) is 4.79 Å². The number of ketones is 1. The maximum Gasteiger partial charge on any atom is 0.282 e. The number of carbonyl (C=O) groups excluding carboxylic acids is 1. The predicted octanol–water partition coefficient (Wildman–Crippen LogP) is 0.628. The summed E-state index contributed by atoms with van der Waals surface area (Å²) in [5, 5.41) is 0. The van der Waals surface area contributed by atoms with Crippen molar-refractivity contribution in [1.82, 2.24) is 8.61 Å². The van der Waals surface area contributed by atoms with Gasteiger partial charge in [-0.05, 0) is 18.8 Å². The Labute approximate surface area is 103 Å². The van der Waals surface area contributed by atoms with Gasteiger partial charge in [0.25, 0.3) is 10.2 Å². The maximum atomic E-state index is 12.3. The van der Waals surface area contributed by atoms with E-state index in [9.17, 15) is 13.2 Å². The second-order valence-corrected chi connectivity index (χ2v) is 6.98. The molecule has 0 aromatic carbocycles. The van der Waals surface area contributed by atoms with Gasteiger partial charge in [-0.15, -0.1) is 0 Å². The fourth-order valence-corrected chi connectivity index (χ4v) is 4.26. The van der Waals surface area contributed by atoms with Crippen LogP contribution in [0.15, 0.2) is 0 Å². The standard InChI is InChI=1S/C11H20N2O3S/c1-10-3-2-6-13(9-10)17(15,16)12-7-4-11(14)5-8-12/h10H,2-9H2,1H3. The molecule has 0 aliphatic carbocycles. The summed E-state index contributed by atoms with van der Waals surface area (Å²) in [6.07, 6.45) is 2.77. The van der Waals surface area contributed by atoms with Crippen LogP contribution in [0.4, 0.5) is 0 Å². The Balaban J connectivity index is 2.05. The molecule has 0 spiro atoms. The van der Waals surface area contributed by atoms with Crippen molar-refractivity contribution in [1.29, 1.82) is 0 Å². The molecule has 0 bridgehead atoms. The van der Waals surface area contributed by atoms with Crippen molar-refractivity contribution in [2.24, 2.45) is 5.92 Å². The van der Waals surface area contributed by atoms with E-state index in [2.05, 4.69) is 6.92 Å². The molecule has 0 aromatic rings. The SMILES string of the molecule is CC1CCCN(S(=O)(=O)N2CCC(=O)CC2)C1. The van der Waals surface area contributed by atoms with Crippen LogP contribution in [0.1, 0.15) is 32.6 Å². The topological polar surface area (TPSA) is 57.7 Å². The van der Waals surface area contributed by atoms with Gasteiger partial charge in [0.05, 0.1) is 0 Å². The van der Waals surface area contributed by atoms with Gasteiger partial charge in [0.1, 0.15) is 5.78 Å². The van der Waals surface area contributed by atoms with Gasteiger partial charge < -0.3 is 0 Å². The zero-order valence-electron chi connectivity index (χ0n) is 10.3. The van der Waals surface area contributed by atoms with Crippen molar-refractivity contribution in [3.63, 3.8) is 0 Å². The van der Waals surface area contributed by atoms with Crippen LogP contribution in [0.25, 0.3) is 0 Å². The second kappa shape index (κ2) is 5.04. The number of hydrogen-bond donors (Lipinski definition) is 0. The smallest absolute Gasteiger partial charge is 0.282 e. The van der Waals surface area contributed by atoms with Gasteiger partial charge in [0.15, 0.2) is 0 Å². The molecule has 0 amide bonds. The van der Waals surface area contributed by atoms with Crippen LogP contribution in [0.2, 0.25) is 0 Å². The summed E-state index contributed by atoms with van der Waals surface area (Å²) in [5.41, 5.74) is 0. The molecule has 6 heteroatoms. The molecule has 1 atom stereocenters. The number of rotatable bonds is 2. The molecule has 2 aliphatic rings. The molecule has 2 aliphatic heterocycles. The first-order chi connectivity index (χ1) is 8.00. The van der Waals surface area contributed by atoms with Crippen LogP contribution >= 0.6 is 0 Å². The lowest BCUT2D eigenvalue weighted by atomic mass is 10.0. The molecule has 2 rings (SSSR count). The van der Waals surface area contributed by atoms with Gasteiger partial charge >= 0.3 is 0 Å². The van der Waals surface area contributed by atoms with E-state index in [4.69, 9.17) is 0 Å². The highest BCUT2D eigenvalue weighted by Gasteiger charge is 2.34. The lowest BCUT2D eigenvalue weighted by Gasteiger charge is -2.35. The fourth-order valence-electron chi connectivity index (χ4n) is 2.49. The van der Waals surface area contributed by atoms with Crippen LogP contribution in [0.5, 0.6) is 0 Å². The minimum atomic E-state index is -3.33. The first kappa shape index (κ1) is 13.0. The summed E-state index contributed by atoms with van der Waals surface area (Å²) in [5.74, 6) is 0.605. The molecule has 0 aromatic heterocycles. The van der Waals surface area contributed by atoms with E-state index >= 15 is 0 Å². The summed E-state index contributed by atoms with van der Waals surface area (Å²) >= 11 is 0.